The Balaban J connectivity index is 1.93. The maximum absolute atomic E-state index is 13.1. The predicted molar refractivity (Wildman–Crippen MR) is 132 cm³/mol. The third kappa shape index (κ3) is 8.54. The van der Waals surface area contributed by atoms with E-state index in [1.165, 1.54) is 0 Å². The first-order valence-electron chi connectivity index (χ1n) is 12.3. The zero-order chi connectivity index (χ0) is 24.4. The molecule has 2 rings (SSSR count). The van der Waals surface area contributed by atoms with Gasteiger partial charge in [0.1, 0.15) is 0 Å². The molecule has 186 valence electrons. The summed E-state index contributed by atoms with van der Waals surface area (Å²) in [6, 6.07) is 5.41. The number of carbonyl (C=O) groups excluding carboxylic acids is 2. The van der Waals surface area contributed by atoms with Crippen molar-refractivity contribution in [3.8, 4) is 11.5 Å². The lowest BCUT2D eigenvalue weighted by molar-refractivity contribution is -0.126. The van der Waals surface area contributed by atoms with Gasteiger partial charge in [-0.25, -0.2) is 0 Å². The normalized spacial score (nSPS) is 14.9. The van der Waals surface area contributed by atoms with Crippen molar-refractivity contribution >= 4 is 11.8 Å². The summed E-state index contributed by atoms with van der Waals surface area (Å²) in [5.41, 5.74) is 0.610. The first-order chi connectivity index (χ1) is 15.7. The summed E-state index contributed by atoms with van der Waals surface area (Å²) in [5.74, 6) is 1.32. The van der Waals surface area contributed by atoms with E-state index in [-0.39, 0.29) is 23.1 Å². The van der Waals surface area contributed by atoms with Crippen molar-refractivity contribution in [2.24, 2.45) is 11.3 Å². The highest BCUT2D eigenvalue weighted by molar-refractivity contribution is 5.95. The summed E-state index contributed by atoms with van der Waals surface area (Å²) in [7, 11) is 4.09. The molecule has 0 radical (unpaired) electrons. The van der Waals surface area contributed by atoms with Crippen LogP contribution in [0.5, 0.6) is 11.5 Å². The largest absolute Gasteiger partial charge is 0.490 e. The van der Waals surface area contributed by atoms with Crippen molar-refractivity contribution in [1.29, 1.82) is 0 Å². The van der Waals surface area contributed by atoms with Crippen LogP contribution < -0.4 is 14.8 Å². The van der Waals surface area contributed by atoms with Gasteiger partial charge in [-0.2, -0.15) is 0 Å². The van der Waals surface area contributed by atoms with Crippen LogP contribution in [0.15, 0.2) is 18.2 Å². The van der Waals surface area contributed by atoms with Crippen LogP contribution in [0.1, 0.15) is 63.7 Å². The predicted octanol–water partition coefficient (Wildman–Crippen LogP) is 3.82. The van der Waals surface area contributed by atoms with Crippen LogP contribution in [0.25, 0.3) is 0 Å². The molecule has 0 spiro atoms. The van der Waals surface area contributed by atoms with E-state index in [1.807, 2.05) is 32.0 Å². The van der Waals surface area contributed by atoms with Gasteiger partial charge < -0.3 is 24.6 Å². The summed E-state index contributed by atoms with van der Waals surface area (Å²) < 4.78 is 11.6. The van der Waals surface area contributed by atoms with E-state index >= 15 is 0 Å². The summed E-state index contributed by atoms with van der Waals surface area (Å²) in [6.45, 7) is 12.3. The summed E-state index contributed by atoms with van der Waals surface area (Å²) in [6.07, 6.45) is 3.15. The number of hydrogen-bond acceptors (Lipinski definition) is 5. The van der Waals surface area contributed by atoms with Crippen molar-refractivity contribution in [1.82, 2.24) is 15.1 Å². The van der Waals surface area contributed by atoms with Gasteiger partial charge >= 0.3 is 0 Å². The molecule has 1 fully saturated rings. The number of amides is 2. The molecule has 1 aliphatic rings. The fourth-order valence-electron chi connectivity index (χ4n) is 4.21. The number of hydrogen-bond donors (Lipinski definition) is 1. The number of ether oxygens (including phenoxy) is 2. The molecule has 1 saturated heterocycles. The molecule has 1 aliphatic heterocycles. The molecule has 7 heteroatoms. The van der Waals surface area contributed by atoms with Gasteiger partial charge in [-0.05, 0) is 63.4 Å². The first-order valence-corrected chi connectivity index (χ1v) is 12.3. The number of carbonyl (C=O) groups is 2. The first kappa shape index (κ1) is 27.0. The Morgan fingerprint density at radius 3 is 2.24 bits per heavy atom. The molecule has 1 heterocycles. The summed E-state index contributed by atoms with van der Waals surface area (Å²) in [4.78, 5) is 29.8. The lowest BCUT2D eigenvalue weighted by Gasteiger charge is -2.33. The van der Waals surface area contributed by atoms with Gasteiger partial charge in [-0.15, -0.1) is 0 Å². The number of piperidine rings is 1. The second kappa shape index (κ2) is 12.8. The highest BCUT2D eigenvalue weighted by Gasteiger charge is 2.29. The Hall–Kier alpha value is -2.28. The highest BCUT2D eigenvalue weighted by Crippen LogP contribution is 2.30. The Kier molecular flexibility index (Phi) is 10.5. The molecular formula is C26H43N3O4. The van der Waals surface area contributed by atoms with Crippen molar-refractivity contribution in [3.05, 3.63) is 23.8 Å². The molecule has 1 aromatic carbocycles. The SMILES string of the molecule is CCCOc1ccc(C(=O)N2CCC(C(=O)NCC(C)(C)CN(C)C)CC2)cc1OCCC. The Morgan fingerprint density at radius 1 is 1.06 bits per heavy atom. The number of benzene rings is 1. The monoisotopic (exact) mass is 461 g/mol. The number of rotatable bonds is 12. The molecule has 0 saturated carbocycles. The van der Waals surface area contributed by atoms with Crippen LogP contribution in [0.3, 0.4) is 0 Å². The van der Waals surface area contributed by atoms with Crippen molar-refractivity contribution in [2.45, 2.75) is 53.4 Å². The number of nitrogens with one attached hydrogen (secondary N) is 1. The van der Waals surface area contributed by atoms with Crippen LogP contribution in [0, 0.1) is 11.3 Å². The molecule has 1 aromatic rings. The van der Waals surface area contributed by atoms with E-state index in [1.54, 1.807) is 12.1 Å². The van der Waals surface area contributed by atoms with Crippen LogP contribution in [0.2, 0.25) is 0 Å². The maximum Gasteiger partial charge on any atom is 0.253 e. The lowest BCUT2D eigenvalue weighted by Crippen LogP contribution is -2.46. The molecular weight excluding hydrogens is 418 g/mol. The number of nitrogens with zero attached hydrogens (tertiary/aromatic N) is 2. The molecule has 0 aromatic heterocycles. The van der Waals surface area contributed by atoms with Gasteiger partial charge in [0.05, 0.1) is 13.2 Å². The minimum Gasteiger partial charge on any atom is -0.490 e. The molecule has 0 unspecified atom stereocenters. The van der Waals surface area contributed by atoms with E-state index in [9.17, 15) is 9.59 Å². The van der Waals surface area contributed by atoms with Crippen molar-refractivity contribution in [3.63, 3.8) is 0 Å². The molecule has 0 bridgehead atoms. The Labute approximate surface area is 199 Å². The zero-order valence-electron chi connectivity index (χ0n) is 21.4. The second-order valence-corrected chi connectivity index (χ2v) is 10.0. The molecule has 0 atom stereocenters. The third-order valence-electron chi connectivity index (χ3n) is 5.75. The molecule has 7 nitrogen and oxygen atoms in total. The Morgan fingerprint density at radius 2 is 1.67 bits per heavy atom. The van der Waals surface area contributed by atoms with Gasteiger partial charge in [-0.1, -0.05) is 27.7 Å². The van der Waals surface area contributed by atoms with Crippen molar-refractivity contribution < 1.29 is 19.1 Å². The smallest absolute Gasteiger partial charge is 0.253 e. The van der Waals surface area contributed by atoms with Crippen LogP contribution in [-0.4, -0.2) is 75.1 Å². The summed E-state index contributed by atoms with van der Waals surface area (Å²) >= 11 is 0. The van der Waals surface area contributed by atoms with E-state index in [2.05, 4.69) is 31.0 Å². The third-order valence-corrected chi connectivity index (χ3v) is 5.75. The molecule has 1 N–H and O–H groups in total. The van der Waals surface area contributed by atoms with Gasteiger partial charge in [0.15, 0.2) is 11.5 Å². The van der Waals surface area contributed by atoms with E-state index < -0.39 is 0 Å². The fraction of sp³-hybridized carbons (Fsp3) is 0.692. The van der Waals surface area contributed by atoms with Gasteiger partial charge in [0, 0.05) is 37.7 Å². The van der Waals surface area contributed by atoms with Crippen LogP contribution in [0.4, 0.5) is 0 Å². The topological polar surface area (TPSA) is 71.1 Å². The van der Waals surface area contributed by atoms with E-state index in [0.29, 0.717) is 62.8 Å². The fourth-order valence-corrected chi connectivity index (χ4v) is 4.21. The van der Waals surface area contributed by atoms with E-state index in [0.717, 1.165) is 19.4 Å². The van der Waals surface area contributed by atoms with Crippen LogP contribution in [-0.2, 0) is 4.79 Å². The maximum atomic E-state index is 13.1. The average molecular weight is 462 g/mol. The minimum absolute atomic E-state index is 0.0143. The van der Waals surface area contributed by atoms with Gasteiger partial charge in [-0.3, -0.25) is 9.59 Å². The standard InChI is InChI=1S/C26H43N3O4/c1-7-15-32-22-10-9-21(17-23(22)33-16-8-2)25(31)29-13-11-20(12-14-29)24(30)27-18-26(3,4)19-28(5)6/h9-10,17,20H,7-8,11-16,18-19H2,1-6H3,(H,27,30). The van der Waals surface area contributed by atoms with Crippen molar-refractivity contribution in [2.75, 3.05) is 53.5 Å². The number of likely N-dealkylation sites (tertiary alicyclic amines) is 1. The van der Waals surface area contributed by atoms with Gasteiger partial charge in [0.2, 0.25) is 5.91 Å². The molecule has 2 amide bonds. The lowest BCUT2D eigenvalue weighted by atomic mass is 9.91. The average Bonchev–Trinajstić information content (AvgIpc) is 2.79. The summed E-state index contributed by atoms with van der Waals surface area (Å²) in [5, 5.41) is 3.12. The molecule has 33 heavy (non-hydrogen) atoms. The quantitative estimate of drug-likeness (QED) is 0.512. The Bertz CT molecular complexity index is 771. The second-order valence-electron chi connectivity index (χ2n) is 10.0. The molecule has 0 aliphatic carbocycles. The minimum atomic E-state index is -0.0440. The van der Waals surface area contributed by atoms with Crippen LogP contribution >= 0.6 is 0 Å². The highest BCUT2D eigenvalue weighted by atomic mass is 16.5. The van der Waals surface area contributed by atoms with Gasteiger partial charge in [0.25, 0.3) is 5.91 Å². The van der Waals surface area contributed by atoms with E-state index in [4.69, 9.17) is 9.47 Å². The zero-order valence-corrected chi connectivity index (χ0v) is 21.4.